The van der Waals surface area contributed by atoms with Crippen LogP contribution >= 0.6 is 0 Å². The number of nitrogens with zero attached hydrogens (tertiary/aromatic N) is 1. The molecule has 2 unspecified atom stereocenters. The lowest BCUT2D eigenvalue weighted by molar-refractivity contribution is 0.0599. The van der Waals surface area contributed by atoms with Crippen LogP contribution in [-0.2, 0) is 11.3 Å². The molecule has 0 amide bonds. The molecule has 4 nitrogen and oxygen atoms in total. The van der Waals surface area contributed by atoms with Crippen LogP contribution in [0.25, 0.3) is 10.8 Å². The Morgan fingerprint density at radius 3 is 2.57 bits per heavy atom. The monoisotopic (exact) mass is 493 g/mol. The van der Waals surface area contributed by atoms with E-state index in [4.69, 9.17) is 9.47 Å². The summed E-state index contributed by atoms with van der Waals surface area (Å²) in [5, 5.41) is 2.56. The molecule has 4 aromatic rings. The Morgan fingerprint density at radius 2 is 1.76 bits per heavy atom. The van der Waals surface area contributed by atoms with Crippen molar-refractivity contribution in [1.82, 2.24) is 4.90 Å². The molecule has 37 heavy (non-hydrogen) atoms. The first-order valence-electron chi connectivity index (χ1n) is 13.1. The molecule has 0 bridgehead atoms. The summed E-state index contributed by atoms with van der Waals surface area (Å²) in [6.45, 7) is 5.87. The highest BCUT2D eigenvalue weighted by Gasteiger charge is 2.31. The Kier molecular flexibility index (Phi) is 7.29. The third-order valence-corrected chi connectivity index (χ3v) is 7.43. The smallest absolute Gasteiger partial charge is 0.338 e. The van der Waals surface area contributed by atoms with Crippen molar-refractivity contribution in [2.24, 2.45) is 0 Å². The van der Waals surface area contributed by atoms with E-state index in [0.29, 0.717) is 5.56 Å². The number of carbonyl (C=O) groups is 1. The van der Waals surface area contributed by atoms with E-state index < -0.39 is 0 Å². The van der Waals surface area contributed by atoms with E-state index in [1.165, 1.54) is 29.0 Å². The van der Waals surface area contributed by atoms with Crippen LogP contribution in [0.3, 0.4) is 0 Å². The largest absolute Gasteiger partial charge is 0.489 e. The topological polar surface area (TPSA) is 38.8 Å². The molecule has 1 heterocycles. The molecule has 5 rings (SSSR count). The molecule has 1 aliphatic heterocycles. The van der Waals surface area contributed by atoms with Gasteiger partial charge in [0.1, 0.15) is 11.9 Å². The molecule has 0 spiro atoms. The standard InChI is InChI=1S/C33H35NO3/c1-22(2)27-17-16-24(18-31(27)33(35)36-4)30-19-26(37-32-15-8-7-14-29(30)32)21-34(3)20-25-12-9-11-23-10-5-6-13-28(23)25/h5-18,22,26,30H,19-21H2,1-4H3. The summed E-state index contributed by atoms with van der Waals surface area (Å²) in [6, 6.07) is 29.6. The van der Waals surface area contributed by atoms with Gasteiger partial charge in [0, 0.05) is 24.6 Å². The maximum absolute atomic E-state index is 12.6. The highest BCUT2D eigenvalue weighted by molar-refractivity contribution is 5.91. The van der Waals surface area contributed by atoms with Crippen LogP contribution in [0.15, 0.2) is 84.9 Å². The zero-order valence-electron chi connectivity index (χ0n) is 22.1. The van der Waals surface area contributed by atoms with Crippen molar-refractivity contribution in [2.45, 2.75) is 44.8 Å². The minimum Gasteiger partial charge on any atom is -0.489 e. The van der Waals surface area contributed by atoms with Crippen LogP contribution < -0.4 is 4.74 Å². The molecular weight excluding hydrogens is 458 g/mol. The number of benzene rings is 4. The molecule has 1 aliphatic rings. The van der Waals surface area contributed by atoms with Crippen LogP contribution in [0, 0.1) is 0 Å². The van der Waals surface area contributed by atoms with Crippen LogP contribution in [0.4, 0.5) is 0 Å². The van der Waals surface area contributed by atoms with Crippen molar-refractivity contribution in [3.05, 3.63) is 113 Å². The maximum atomic E-state index is 12.6. The summed E-state index contributed by atoms with van der Waals surface area (Å²) in [5.41, 5.74) is 5.29. The van der Waals surface area contributed by atoms with Crippen molar-refractivity contribution >= 4 is 16.7 Å². The molecule has 4 heteroatoms. The number of hydrogen-bond donors (Lipinski definition) is 0. The minimum absolute atomic E-state index is 0.0335. The molecule has 0 saturated heterocycles. The van der Waals surface area contributed by atoms with Crippen LogP contribution in [-0.4, -0.2) is 37.7 Å². The van der Waals surface area contributed by atoms with Gasteiger partial charge in [-0.25, -0.2) is 4.79 Å². The summed E-state index contributed by atoms with van der Waals surface area (Å²) in [4.78, 5) is 15.0. The maximum Gasteiger partial charge on any atom is 0.338 e. The van der Waals surface area contributed by atoms with Gasteiger partial charge in [0.05, 0.1) is 12.7 Å². The zero-order chi connectivity index (χ0) is 25.9. The van der Waals surface area contributed by atoms with E-state index in [0.717, 1.165) is 36.4 Å². The van der Waals surface area contributed by atoms with Gasteiger partial charge in [0.2, 0.25) is 0 Å². The first-order valence-corrected chi connectivity index (χ1v) is 13.1. The fourth-order valence-corrected chi connectivity index (χ4v) is 5.63. The number of carbonyl (C=O) groups excluding carboxylic acids is 1. The molecule has 0 aliphatic carbocycles. The summed E-state index contributed by atoms with van der Waals surface area (Å²) in [5.74, 6) is 1.03. The van der Waals surface area contributed by atoms with Gasteiger partial charge >= 0.3 is 5.97 Å². The average Bonchev–Trinajstić information content (AvgIpc) is 2.92. The third kappa shape index (κ3) is 5.26. The van der Waals surface area contributed by atoms with Gasteiger partial charge in [0.15, 0.2) is 0 Å². The van der Waals surface area contributed by atoms with Gasteiger partial charge in [-0.2, -0.15) is 0 Å². The highest BCUT2D eigenvalue weighted by Crippen LogP contribution is 2.41. The van der Waals surface area contributed by atoms with Crippen molar-refractivity contribution in [2.75, 3.05) is 20.7 Å². The number of esters is 1. The van der Waals surface area contributed by atoms with Crippen molar-refractivity contribution < 1.29 is 14.3 Å². The van der Waals surface area contributed by atoms with Gasteiger partial charge in [-0.1, -0.05) is 86.6 Å². The summed E-state index contributed by atoms with van der Waals surface area (Å²) in [6.07, 6.45) is 0.879. The first-order chi connectivity index (χ1) is 17.9. The number of hydrogen-bond acceptors (Lipinski definition) is 4. The number of ether oxygens (including phenoxy) is 2. The molecule has 2 atom stereocenters. The van der Waals surface area contributed by atoms with Crippen LogP contribution in [0.2, 0.25) is 0 Å². The normalized spacial score (nSPS) is 17.0. The van der Waals surface area contributed by atoms with Crippen LogP contribution in [0.5, 0.6) is 5.75 Å². The molecule has 0 N–H and O–H groups in total. The number of rotatable bonds is 7. The second kappa shape index (κ2) is 10.8. The Bertz CT molecular complexity index is 1400. The first kappa shape index (κ1) is 25.0. The van der Waals surface area contributed by atoms with E-state index in [2.05, 4.69) is 98.6 Å². The van der Waals surface area contributed by atoms with Gasteiger partial charge in [0.25, 0.3) is 0 Å². The average molecular weight is 494 g/mol. The fourth-order valence-electron chi connectivity index (χ4n) is 5.63. The predicted octanol–water partition coefficient (Wildman–Crippen LogP) is 7.16. The quantitative estimate of drug-likeness (QED) is 0.256. The number of likely N-dealkylation sites (N-methyl/N-ethyl adjacent to an activating group) is 1. The molecular formula is C33H35NO3. The van der Waals surface area contributed by atoms with Gasteiger partial charge in [-0.3, -0.25) is 4.90 Å². The molecule has 190 valence electrons. The summed E-state index contributed by atoms with van der Waals surface area (Å²) < 4.78 is 11.6. The Hall–Kier alpha value is -3.63. The van der Waals surface area contributed by atoms with E-state index in [-0.39, 0.29) is 23.9 Å². The lowest BCUT2D eigenvalue weighted by atomic mass is 9.82. The van der Waals surface area contributed by atoms with E-state index in [9.17, 15) is 4.79 Å². The molecule has 0 fully saturated rings. The summed E-state index contributed by atoms with van der Waals surface area (Å²) >= 11 is 0. The Labute approximate surface area is 219 Å². The summed E-state index contributed by atoms with van der Waals surface area (Å²) in [7, 11) is 3.61. The molecule has 0 aromatic heterocycles. The van der Waals surface area contributed by atoms with Gasteiger partial charge in [-0.15, -0.1) is 0 Å². The Balaban J connectivity index is 1.41. The van der Waals surface area contributed by atoms with E-state index in [1.807, 2.05) is 12.1 Å². The molecule has 0 saturated carbocycles. The van der Waals surface area contributed by atoms with E-state index >= 15 is 0 Å². The lowest BCUT2D eigenvalue weighted by Gasteiger charge is -2.35. The van der Waals surface area contributed by atoms with E-state index in [1.54, 1.807) is 0 Å². The molecule has 4 aromatic carbocycles. The van der Waals surface area contributed by atoms with Gasteiger partial charge in [-0.05, 0) is 59.0 Å². The van der Waals surface area contributed by atoms with Crippen LogP contribution in [0.1, 0.15) is 64.7 Å². The number of methoxy groups -OCH3 is 1. The van der Waals surface area contributed by atoms with Gasteiger partial charge < -0.3 is 9.47 Å². The second-order valence-corrected chi connectivity index (χ2v) is 10.4. The second-order valence-electron chi connectivity index (χ2n) is 10.4. The highest BCUT2D eigenvalue weighted by atomic mass is 16.5. The fraction of sp³-hybridized carbons (Fsp3) is 0.303. The predicted molar refractivity (Wildman–Crippen MR) is 149 cm³/mol. The lowest BCUT2D eigenvalue weighted by Crippen LogP contribution is -2.36. The van der Waals surface area contributed by atoms with Crippen molar-refractivity contribution in [3.8, 4) is 5.75 Å². The SMILES string of the molecule is COC(=O)c1cc(C2CC(CN(C)Cc3cccc4ccccc34)Oc3ccccc32)ccc1C(C)C. The zero-order valence-corrected chi connectivity index (χ0v) is 22.1. The molecule has 0 radical (unpaired) electrons. The van der Waals surface area contributed by atoms with Crippen molar-refractivity contribution in [3.63, 3.8) is 0 Å². The Morgan fingerprint density at radius 1 is 1.00 bits per heavy atom. The number of para-hydroxylation sites is 1. The third-order valence-electron chi connectivity index (χ3n) is 7.43. The minimum atomic E-state index is -0.280. The number of fused-ring (bicyclic) bond motifs is 2. The van der Waals surface area contributed by atoms with Crippen molar-refractivity contribution in [1.29, 1.82) is 0 Å².